The molecule has 0 spiro atoms. The van der Waals surface area contributed by atoms with Crippen molar-refractivity contribution in [1.82, 2.24) is 10.5 Å². The largest absolute Gasteiger partial charge is 0.497 e. The first-order chi connectivity index (χ1) is 9.28. The van der Waals surface area contributed by atoms with E-state index in [4.69, 9.17) is 4.74 Å². The van der Waals surface area contributed by atoms with E-state index >= 15 is 0 Å². The molecule has 2 rings (SSSR count). The van der Waals surface area contributed by atoms with E-state index in [1.807, 2.05) is 12.1 Å². The maximum Gasteiger partial charge on any atom is 0.238 e. The SMILES string of the molecule is COc1cccc(NC(=O)CNCc2ccon2)c1. The summed E-state index contributed by atoms with van der Waals surface area (Å²) < 4.78 is 9.77. The first kappa shape index (κ1) is 13.1. The smallest absolute Gasteiger partial charge is 0.238 e. The molecule has 0 unspecified atom stereocenters. The number of hydrogen-bond donors (Lipinski definition) is 2. The normalized spacial score (nSPS) is 10.2. The third kappa shape index (κ3) is 4.11. The van der Waals surface area contributed by atoms with Gasteiger partial charge in [-0.25, -0.2) is 0 Å². The quantitative estimate of drug-likeness (QED) is 0.822. The van der Waals surface area contributed by atoms with Crippen molar-refractivity contribution in [2.24, 2.45) is 0 Å². The molecular formula is C13H15N3O3. The fraction of sp³-hybridized carbons (Fsp3) is 0.231. The van der Waals surface area contributed by atoms with Crippen molar-refractivity contribution >= 4 is 11.6 Å². The van der Waals surface area contributed by atoms with Gasteiger partial charge in [0.05, 0.1) is 19.3 Å². The zero-order valence-electron chi connectivity index (χ0n) is 10.6. The van der Waals surface area contributed by atoms with E-state index in [1.54, 1.807) is 25.3 Å². The van der Waals surface area contributed by atoms with Crippen LogP contribution in [0.4, 0.5) is 5.69 Å². The number of ether oxygens (including phenoxy) is 1. The second-order valence-corrected chi connectivity index (χ2v) is 3.87. The van der Waals surface area contributed by atoms with Gasteiger partial charge in [-0.05, 0) is 12.1 Å². The highest BCUT2D eigenvalue weighted by molar-refractivity contribution is 5.92. The molecule has 0 radical (unpaired) electrons. The van der Waals surface area contributed by atoms with Crippen LogP contribution >= 0.6 is 0 Å². The fourth-order valence-corrected chi connectivity index (χ4v) is 1.54. The zero-order valence-corrected chi connectivity index (χ0v) is 10.6. The molecule has 0 aliphatic heterocycles. The van der Waals surface area contributed by atoms with Crippen LogP contribution in [-0.4, -0.2) is 24.7 Å². The maximum absolute atomic E-state index is 11.7. The Morgan fingerprint density at radius 3 is 3.05 bits per heavy atom. The highest BCUT2D eigenvalue weighted by Crippen LogP contribution is 2.16. The number of aromatic nitrogens is 1. The molecule has 1 heterocycles. The van der Waals surface area contributed by atoms with Crippen LogP contribution < -0.4 is 15.4 Å². The van der Waals surface area contributed by atoms with E-state index in [9.17, 15) is 4.79 Å². The molecule has 100 valence electrons. The van der Waals surface area contributed by atoms with Gasteiger partial charge in [0.1, 0.15) is 12.0 Å². The number of hydrogen-bond acceptors (Lipinski definition) is 5. The summed E-state index contributed by atoms with van der Waals surface area (Å²) in [7, 11) is 1.58. The summed E-state index contributed by atoms with van der Waals surface area (Å²) in [6, 6.07) is 8.94. The topological polar surface area (TPSA) is 76.4 Å². The Morgan fingerprint density at radius 1 is 1.42 bits per heavy atom. The number of benzene rings is 1. The summed E-state index contributed by atoms with van der Waals surface area (Å²) >= 11 is 0. The molecule has 0 atom stereocenters. The summed E-state index contributed by atoms with van der Waals surface area (Å²) in [6.07, 6.45) is 1.49. The Hall–Kier alpha value is -2.34. The number of carbonyl (C=O) groups excluding carboxylic acids is 1. The van der Waals surface area contributed by atoms with Crippen molar-refractivity contribution in [2.75, 3.05) is 19.0 Å². The first-order valence-corrected chi connectivity index (χ1v) is 5.82. The number of carbonyl (C=O) groups is 1. The second kappa shape index (κ2) is 6.55. The molecule has 0 saturated carbocycles. The van der Waals surface area contributed by atoms with Gasteiger partial charge >= 0.3 is 0 Å². The van der Waals surface area contributed by atoms with E-state index in [-0.39, 0.29) is 12.5 Å². The number of amides is 1. The first-order valence-electron chi connectivity index (χ1n) is 5.82. The lowest BCUT2D eigenvalue weighted by Gasteiger charge is -2.07. The minimum atomic E-state index is -0.128. The Kier molecular flexibility index (Phi) is 4.52. The molecule has 1 amide bonds. The van der Waals surface area contributed by atoms with Crippen LogP contribution in [0.1, 0.15) is 5.69 Å². The average Bonchev–Trinajstić information content (AvgIpc) is 2.92. The van der Waals surface area contributed by atoms with E-state index in [2.05, 4.69) is 20.3 Å². The van der Waals surface area contributed by atoms with Gasteiger partial charge < -0.3 is 19.9 Å². The molecule has 2 aromatic rings. The number of nitrogens with zero attached hydrogens (tertiary/aromatic N) is 1. The van der Waals surface area contributed by atoms with E-state index in [0.717, 1.165) is 5.69 Å². The van der Waals surface area contributed by atoms with Gasteiger partial charge in [0.15, 0.2) is 0 Å². The van der Waals surface area contributed by atoms with Crippen molar-refractivity contribution in [3.8, 4) is 5.75 Å². The number of methoxy groups -OCH3 is 1. The van der Waals surface area contributed by atoms with Crippen molar-refractivity contribution in [1.29, 1.82) is 0 Å². The minimum Gasteiger partial charge on any atom is -0.497 e. The molecule has 19 heavy (non-hydrogen) atoms. The number of rotatable bonds is 6. The molecule has 2 N–H and O–H groups in total. The molecule has 0 bridgehead atoms. The second-order valence-electron chi connectivity index (χ2n) is 3.87. The zero-order chi connectivity index (χ0) is 13.5. The van der Waals surface area contributed by atoms with Gasteiger partial charge in [0.2, 0.25) is 5.91 Å². The maximum atomic E-state index is 11.7. The van der Waals surface area contributed by atoms with Crippen molar-refractivity contribution in [3.63, 3.8) is 0 Å². The number of anilines is 1. The predicted molar refractivity (Wildman–Crippen MR) is 69.8 cm³/mol. The monoisotopic (exact) mass is 261 g/mol. The van der Waals surface area contributed by atoms with Crippen LogP contribution in [0, 0.1) is 0 Å². The summed E-state index contributed by atoms with van der Waals surface area (Å²) in [5, 5.41) is 9.48. The standard InChI is InChI=1S/C13H15N3O3/c1-18-12-4-2-3-10(7-12)15-13(17)9-14-8-11-5-6-19-16-11/h2-7,14H,8-9H2,1H3,(H,15,17). The molecular weight excluding hydrogens is 246 g/mol. The lowest BCUT2D eigenvalue weighted by Crippen LogP contribution is -2.27. The summed E-state index contributed by atoms with van der Waals surface area (Å²) in [5.41, 5.74) is 1.46. The molecule has 0 aliphatic carbocycles. The molecule has 6 nitrogen and oxygen atoms in total. The van der Waals surface area contributed by atoms with Crippen molar-refractivity contribution < 1.29 is 14.1 Å². The Bertz CT molecular complexity index is 526. The molecule has 0 aliphatic rings. The highest BCUT2D eigenvalue weighted by Gasteiger charge is 2.03. The van der Waals surface area contributed by atoms with E-state index in [1.165, 1.54) is 6.26 Å². The van der Waals surface area contributed by atoms with Crippen LogP contribution in [0.25, 0.3) is 0 Å². The van der Waals surface area contributed by atoms with Crippen LogP contribution in [-0.2, 0) is 11.3 Å². The predicted octanol–water partition coefficient (Wildman–Crippen LogP) is 1.41. The van der Waals surface area contributed by atoms with Crippen LogP contribution in [0.3, 0.4) is 0 Å². The van der Waals surface area contributed by atoms with E-state index in [0.29, 0.717) is 18.0 Å². The fourth-order valence-electron chi connectivity index (χ4n) is 1.54. The molecule has 0 saturated heterocycles. The summed E-state index contributed by atoms with van der Waals surface area (Å²) in [6.45, 7) is 0.687. The lowest BCUT2D eigenvalue weighted by atomic mass is 10.3. The molecule has 0 fully saturated rings. The van der Waals surface area contributed by atoms with Gasteiger partial charge in [-0.1, -0.05) is 11.2 Å². The van der Waals surface area contributed by atoms with Crippen LogP contribution in [0.2, 0.25) is 0 Å². The Labute approximate surface area is 110 Å². The van der Waals surface area contributed by atoms with Crippen molar-refractivity contribution in [2.45, 2.75) is 6.54 Å². The van der Waals surface area contributed by atoms with E-state index < -0.39 is 0 Å². The van der Waals surface area contributed by atoms with Crippen molar-refractivity contribution in [3.05, 3.63) is 42.3 Å². The Balaban J connectivity index is 1.77. The van der Waals surface area contributed by atoms with Crippen LogP contribution in [0.15, 0.2) is 41.1 Å². The average molecular weight is 261 g/mol. The molecule has 1 aromatic carbocycles. The minimum absolute atomic E-state index is 0.128. The third-order valence-electron chi connectivity index (χ3n) is 2.44. The Morgan fingerprint density at radius 2 is 2.32 bits per heavy atom. The van der Waals surface area contributed by atoms with Crippen LogP contribution in [0.5, 0.6) is 5.75 Å². The van der Waals surface area contributed by atoms with Gasteiger partial charge in [-0.15, -0.1) is 0 Å². The third-order valence-corrected chi connectivity index (χ3v) is 2.44. The van der Waals surface area contributed by atoms with Gasteiger partial charge in [0.25, 0.3) is 0 Å². The summed E-state index contributed by atoms with van der Waals surface area (Å²) in [4.78, 5) is 11.7. The highest BCUT2D eigenvalue weighted by atomic mass is 16.5. The van der Waals surface area contributed by atoms with Gasteiger partial charge in [-0.3, -0.25) is 4.79 Å². The molecule has 1 aromatic heterocycles. The van der Waals surface area contributed by atoms with Gasteiger partial charge in [0, 0.05) is 24.4 Å². The molecule has 6 heteroatoms. The summed E-state index contributed by atoms with van der Waals surface area (Å²) in [5.74, 6) is 0.574. The van der Waals surface area contributed by atoms with Gasteiger partial charge in [-0.2, -0.15) is 0 Å². The number of nitrogens with one attached hydrogen (secondary N) is 2. The lowest BCUT2D eigenvalue weighted by molar-refractivity contribution is -0.115.